The van der Waals surface area contributed by atoms with Crippen molar-refractivity contribution in [2.75, 3.05) is 26.0 Å². The molecule has 0 aromatic heterocycles. The van der Waals surface area contributed by atoms with Gasteiger partial charge < -0.3 is 10.1 Å². The van der Waals surface area contributed by atoms with Crippen LogP contribution in [0.2, 0.25) is 0 Å². The number of nitrogens with one attached hydrogen (secondary N) is 1. The van der Waals surface area contributed by atoms with E-state index < -0.39 is 0 Å². The average molecular weight is 203 g/mol. The maximum absolute atomic E-state index is 5.32. The second-order valence-corrected chi connectivity index (χ2v) is 5.07. The van der Waals surface area contributed by atoms with Crippen molar-refractivity contribution in [3.05, 3.63) is 0 Å². The van der Waals surface area contributed by atoms with Crippen LogP contribution in [0.3, 0.4) is 0 Å². The Hall–Kier alpha value is 0.270. The van der Waals surface area contributed by atoms with E-state index in [9.17, 15) is 0 Å². The van der Waals surface area contributed by atoms with Crippen molar-refractivity contribution >= 4 is 11.8 Å². The van der Waals surface area contributed by atoms with Gasteiger partial charge in [-0.2, -0.15) is 11.8 Å². The van der Waals surface area contributed by atoms with Gasteiger partial charge in [-0.15, -0.1) is 0 Å². The van der Waals surface area contributed by atoms with Crippen LogP contribution in [-0.4, -0.2) is 37.3 Å². The topological polar surface area (TPSA) is 21.3 Å². The van der Waals surface area contributed by atoms with E-state index in [-0.39, 0.29) is 0 Å². The van der Waals surface area contributed by atoms with Gasteiger partial charge in [0.05, 0.1) is 0 Å². The number of thioether (sulfide) groups is 1. The maximum Gasteiger partial charge on any atom is 0.0476 e. The Balaban J connectivity index is 1.98. The number of ether oxygens (including phenoxy) is 1. The lowest BCUT2D eigenvalue weighted by atomic mass is 10.2. The zero-order chi connectivity index (χ0) is 9.52. The minimum absolute atomic E-state index is 0.660. The molecule has 1 unspecified atom stereocenters. The molecule has 0 aromatic carbocycles. The molecule has 1 atom stereocenters. The molecular formula is C10H21NOS. The summed E-state index contributed by atoms with van der Waals surface area (Å²) in [7, 11) is 2.03. The van der Waals surface area contributed by atoms with E-state index in [0.717, 1.165) is 18.5 Å². The molecular weight excluding hydrogens is 182 g/mol. The molecule has 2 nitrogen and oxygen atoms in total. The van der Waals surface area contributed by atoms with E-state index in [0.29, 0.717) is 6.04 Å². The van der Waals surface area contributed by atoms with Crippen LogP contribution in [0.15, 0.2) is 0 Å². The minimum Gasteiger partial charge on any atom is -0.381 e. The van der Waals surface area contributed by atoms with Gasteiger partial charge in [0.2, 0.25) is 0 Å². The first-order valence-electron chi connectivity index (χ1n) is 5.19. The van der Waals surface area contributed by atoms with Crippen molar-refractivity contribution in [1.29, 1.82) is 0 Å². The molecule has 13 heavy (non-hydrogen) atoms. The van der Waals surface area contributed by atoms with Gasteiger partial charge in [-0.25, -0.2) is 0 Å². The molecule has 1 aliphatic heterocycles. The van der Waals surface area contributed by atoms with Crippen molar-refractivity contribution in [3.8, 4) is 0 Å². The lowest BCUT2D eigenvalue weighted by Gasteiger charge is -2.22. The summed E-state index contributed by atoms with van der Waals surface area (Å²) in [5, 5.41) is 4.12. The molecule has 1 rings (SSSR count). The molecule has 0 aliphatic carbocycles. The predicted octanol–water partition coefficient (Wildman–Crippen LogP) is 1.90. The summed E-state index contributed by atoms with van der Waals surface area (Å²) < 4.78 is 5.32. The van der Waals surface area contributed by atoms with Gasteiger partial charge in [0.1, 0.15) is 0 Å². The highest BCUT2D eigenvalue weighted by Crippen LogP contribution is 2.22. The quantitative estimate of drug-likeness (QED) is 0.737. The Morgan fingerprint density at radius 2 is 2.15 bits per heavy atom. The third-order valence-corrected chi connectivity index (χ3v) is 3.98. The molecule has 78 valence electrons. The lowest BCUT2D eigenvalue weighted by Crippen LogP contribution is -2.23. The van der Waals surface area contributed by atoms with Crippen molar-refractivity contribution in [2.24, 2.45) is 0 Å². The van der Waals surface area contributed by atoms with E-state index in [4.69, 9.17) is 4.74 Å². The summed E-state index contributed by atoms with van der Waals surface area (Å²) in [5.41, 5.74) is 0. The summed E-state index contributed by atoms with van der Waals surface area (Å²) in [5.74, 6) is 1.28. The first kappa shape index (κ1) is 11.3. The fourth-order valence-corrected chi connectivity index (χ4v) is 2.75. The van der Waals surface area contributed by atoms with Gasteiger partial charge in [-0.05, 0) is 39.0 Å². The number of hydrogen-bond acceptors (Lipinski definition) is 3. The molecule has 0 radical (unpaired) electrons. The number of rotatable bonds is 5. The number of hydrogen-bond donors (Lipinski definition) is 1. The molecule has 1 fully saturated rings. The highest BCUT2D eigenvalue weighted by molar-refractivity contribution is 7.99. The van der Waals surface area contributed by atoms with Crippen LogP contribution in [0, 0.1) is 0 Å². The zero-order valence-electron chi connectivity index (χ0n) is 8.71. The van der Waals surface area contributed by atoms with Gasteiger partial charge in [0.25, 0.3) is 0 Å². The molecule has 0 spiro atoms. The zero-order valence-corrected chi connectivity index (χ0v) is 9.53. The van der Waals surface area contributed by atoms with Crippen molar-refractivity contribution in [2.45, 2.75) is 37.5 Å². The molecule has 0 aromatic rings. The first-order chi connectivity index (χ1) is 6.33. The van der Waals surface area contributed by atoms with Crippen LogP contribution >= 0.6 is 11.8 Å². The summed E-state index contributed by atoms with van der Waals surface area (Å²) in [6.45, 7) is 4.18. The largest absolute Gasteiger partial charge is 0.381 e. The predicted molar refractivity (Wildman–Crippen MR) is 59.4 cm³/mol. The van der Waals surface area contributed by atoms with Crippen LogP contribution in [0.1, 0.15) is 26.2 Å². The second-order valence-electron chi connectivity index (χ2n) is 3.66. The van der Waals surface area contributed by atoms with Crippen LogP contribution in [0.5, 0.6) is 0 Å². The van der Waals surface area contributed by atoms with Gasteiger partial charge in [0.15, 0.2) is 0 Å². The summed E-state index contributed by atoms with van der Waals surface area (Å²) >= 11 is 2.12. The van der Waals surface area contributed by atoms with E-state index in [1.165, 1.54) is 25.0 Å². The van der Waals surface area contributed by atoms with Crippen molar-refractivity contribution < 1.29 is 4.74 Å². The highest BCUT2D eigenvalue weighted by Gasteiger charge is 2.13. The molecule has 0 bridgehead atoms. The van der Waals surface area contributed by atoms with Gasteiger partial charge >= 0.3 is 0 Å². The lowest BCUT2D eigenvalue weighted by molar-refractivity contribution is 0.100. The average Bonchev–Trinajstić information content (AvgIpc) is 2.19. The van der Waals surface area contributed by atoms with Crippen LogP contribution in [0.4, 0.5) is 0 Å². The van der Waals surface area contributed by atoms with Crippen molar-refractivity contribution in [1.82, 2.24) is 5.32 Å². The third-order valence-electron chi connectivity index (χ3n) is 2.57. The maximum atomic E-state index is 5.32. The minimum atomic E-state index is 0.660. The fraction of sp³-hybridized carbons (Fsp3) is 1.00. The summed E-state index contributed by atoms with van der Waals surface area (Å²) in [6.07, 6.45) is 3.77. The Labute approximate surface area is 85.8 Å². The van der Waals surface area contributed by atoms with E-state index >= 15 is 0 Å². The Morgan fingerprint density at radius 3 is 2.77 bits per heavy atom. The third kappa shape index (κ3) is 4.89. The summed E-state index contributed by atoms with van der Waals surface area (Å²) in [4.78, 5) is 0. The Bertz CT molecular complexity index is 126. The molecule has 0 saturated carbocycles. The molecule has 1 heterocycles. The Morgan fingerprint density at radius 1 is 1.46 bits per heavy atom. The van der Waals surface area contributed by atoms with E-state index in [2.05, 4.69) is 24.0 Å². The van der Waals surface area contributed by atoms with Crippen LogP contribution in [-0.2, 0) is 4.74 Å². The standard InChI is InChI=1S/C10H21NOS/c1-9(11-2)5-8-13-10-3-6-12-7-4-10/h9-11H,3-8H2,1-2H3. The van der Waals surface area contributed by atoms with Crippen molar-refractivity contribution in [3.63, 3.8) is 0 Å². The smallest absolute Gasteiger partial charge is 0.0476 e. The molecule has 0 amide bonds. The normalized spacial score (nSPS) is 21.7. The second kappa shape index (κ2) is 6.68. The van der Waals surface area contributed by atoms with Gasteiger partial charge in [-0.1, -0.05) is 0 Å². The molecule has 1 saturated heterocycles. The van der Waals surface area contributed by atoms with E-state index in [1.54, 1.807) is 0 Å². The summed E-state index contributed by atoms with van der Waals surface area (Å²) in [6, 6.07) is 0.660. The van der Waals surface area contributed by atoms with Crippen LogP contribution in [0.25, 0.3) is 0 Å². The van der Waals surface area contributed by atoms with E-state index in [1.807, 2.05) is 7.05 Å². The molecule has 3 heteroatoms. The monoisotopic (exact) mass is 203 g/mol. The van der Waals surface area contributed by atoms with Crippen LogP contribution < -0.4 is 5.32 Å². The highest BCUT2D eigenvalue weighted by atomic mass is 32.2. The first-order valence-corrected chi connectivity index (χ1v) is 6.24. The van der Waals surface area contributed by atoms with Gasteiger partial charge in [0, 0.05) is 24.5 Å². The van der Waals surface area contributed by atoms with Gasteiger partial charge in [-0.3, -0.25) is 0 Å². The fourth-order valence-electron chi connectivity index (χ4n) is 1.40. The molecule has 1 aliphatic rings. The molecule has 1 N–H and O–H groups in total. The Kier molecular flexibility index (Phi) is 5.83. The SMILES string of the molecule is CNC(C)CCSC1CCOCC1.